The van der Waals surface area contributed by atoms with Gasteiger partial charge >= 0.3 is 6.18 Å². The van der Waals surface area contributed by atoms with Gasteiger partial charge in [0.05, 0.1) is 0 Å². The number of alkyl halides is 3. The van der Waals surface area contributed by atoms with Crippen molar-refractivity contribution in [2.24, 2.45) is 7.05 Å². The molecule has 0 radical (unpaired) electrons. The van der Waals surface area contributed by atoms with Gasteiger partial charge in [0.2, 0.25) is 0 Å². The lowest BCUT2D eigenvalue weighted by molar-refractivity contribution is -0.143. The highest BCUT2D eigenvalue weighted by atomic mass is 19.4. The number of aryl methyl sites for hydroxylation is 3. The van der Waals surface area contributed by atoms with E-state index in [1.54, 1.807) is 19.1 Å². The molecule has 0 aliphatic heterocycles. The predicted octanol–water partition coefficient (Wildman–Crippen LogP) is 3.31. The van der Waals surface area contributed by atoms with Crippen molar-refractivity contribution < 1.29 is 18.0 Å². The van der Waals surface area contributed by atoms with E-state index < -0.39 is 17.8 Å². The molecule has 0 aliphatic rings. The Labute approximate surface area is 119 Å². The normalized spacial score (nSPS) is 11.5. The van der Waals surface area contributed by atoms with Gasteiger partial charge in [-0.1, -0.05) is 17.7 Å². The summed E-state index contributed by atoms with van der Waals surface area (Å²) in [6.07, 6.45) is -4.51. The van der Waals surface area contributed by atoms with Crippen LogP contribution in [-0.2, 0) is 13.2 Å². The molecule has 21 heavy (non-hydrogen) atoms. The van der Waals surface area contributed by atoms with E-state index in [1.165, 1.54) is 7.05 Å². The van der Waals surface area contributed by atoms with Gasteiger partial charge in [0, 0.05) is 18.7 Å². The molecule has 0 fully saturated rings. The van der Waals surface area contributed by atoms with E-state index in [1.807, 2.05) is 13.0 Å². The molecule has 4 nitrogen and oxygen atoms in total. The van der Waals surface area contributed by atoms with Gasteiger partial charge in [0.25, 0.3) is 5.91 Å². The largest absolute Gasteiger partial charge is 0.433 e. The first-order valence-electron chi connectivity index (χ1n) is 6.18. The predicted molar refractivity (Wildman–Crippen MR) is 72.1 cm³/mol. The van der Waals surface area contributed by atoms with E-state index in [2.05, 4.69) is 10.4 Å². The highest BCUT2D eigenvalue weighted by molar-refractivity contribution is 6.04. The van der Waals surface area contributed by atoms with Crippen molar-refractivity contribution in [3.05, 3.63) is 46.6 Å². The lowest BCUT2D eigenvalue weighted by Crippen LogP contribution is -2.14. The number of benzene rings is 1. The zero-order chi connectivity index (χ0) is 15.8. The molecule has 1 heterocycles. The SMILES string of the molecule is Cc1ccc(C(=O)Nc2cc(C(F)(F)F)n(C)n2)c(C)c1. The van der Waals surface area contributed by atoms with Gasteiger partial charge in [0.15, 0.2) is 5.82 Å². The van der Waals surface area contributed by atoms with Crippen LogP contribution < -0.4 is 5.32 Å². The summed E-state index contributed by atoms with van der Waals surface area (Å²) in [5.41, 5.74) is 1.24. The first-order chi connectivity index (χ1) is 9.68. The fourth-order valence-corrected chi connectivity index (χ4v) is 2.05. The molecule has 1 amide bonds. The minimum atomic E-state index is -4.51. The molecule has 1 aromatic heterocycles. The zero-order valence-corrected chi connectivity index (χ0v) is 11.7. The summed E-state index contributed by atoms with van der Waals surface area (Å²) in [6.45, 7) is 3.66. The lowest BCUT2D eigenvalue weighted by Gasteiger charge is -2.06. The van der Waals surface area contributed by atoms with Gasteiger partial charge in [-0.3, -0.25) is 9.48 Å². The smallest absolute Gasteiger partial charge is 0.305 e. The molecule has 2 rings (SSSR count). The van der Waals surface area contributed by atoms with Gasteiger partial charge in [0.1, 0.15) is 5.69 Å². The fourth-order valence-electron chi connectivity index (χ4n) is 2.05. The van der Waals surface area contributed by atoms with Gasteiger partial charge < -0.3 is 5.32 Å². The number of halogens is 3. The van der Waals surface area contributed by atoms with Crippen LogP contribution in [0.2, 0.25) is 0 Å². The number of rotatable bonds is 2. The molecule has 0 aliphatic carbocycles. The van der Waals surface area contributed by atoms with E-state index in [0.29, 0.717) is 10.2 Å². The number of aromatic nitrogens is 2. The number of carbonyl (C=O) groups is 1. The topological polar surface area (TPSA) is 46.9 Å². The molecule has 0 unspecified atom stereocenters. The third-order valence-electron chi connectivity index (χ3n) is 3.04. The number of nitrogens with zero attached hydrogens (tertiary/aromatic N) is 2. The zero-order valence-electron chi connectivity index (χ0n) is 11.7. The van der Waals surface area contributed by atoms with Crippen molar-refractivity contribution in [2.45, 2.75) is 20.0 Å². The number of nitrogens with one attached hydrogen (secondary N) is 1. The molecule has 1 aromatic carbocycles. The second-order valence-electron chi connectivity index (χ2n) is 4.81. The Morgan fingerprint density at radius 3 is 2.43 bits per heavy atom. The Morgan fingerprint density at radius 1 is 1.24 bits per heavy atom. The van der Waals surface area contributed by atoms with Crippen LogP contribution in [0.5, 0.6) is 0 Å². The fraction of sp³-hybridized carbons (Fsp3) is 0.286. The third kappa shape index (κ3) is 3.24. The number of hydrogen-bond acceptors (Lipinski definition) is 2. The molecule has 1 N–H and O–H groups in total. The van der Waals surface area contributed by atoms with Crippen LogP contribution in [0.4, 0.5) is 19.0 Å². The Balaban J connectivity index is 2.24. The average Bonchev–Trinajstić information content (AvgIpc) is 2.69. The van der Waals surface area contributed by atoms with Gasteiger partial charge in [-0.2, -0.15) is 18.3 Å². The molecule has 0 atom stereocenters. The average molecular weight is 297 g/mol. The van der Waals surface area contributed by atoms with Gasteiger partial charge in [-0.05, 0) is 25.5 Å². The molecular weight excluding hydrogens is 283 g/mol. The standard InChI is InChI=1S/C14H14F3N3O/c1-8-4-5-10(9(2)6-8)13(21)18-12-7-11(14(15,16)17)20(3)19-12/h4-7H,1-3H3,(H,18,19,21). The highest BCUT2D eigenvalue weighted by Gasteiger charge is 2.35. The van der Waals surface area contributed by atoms with Crippen LogP contribution >= 0.6 is 0 Å². The number of carbonyl (C=O) groups excluding carboxylic acids is 1. The summed E-state index contributed by atoms with van der Waals surface area (Å²) in [5, 5.41) is 6.04. The molecule has 0 bridgehead atoms. The van der Waals surface area contributed by atoms with Crippen LogP contribution in [-0.4, -0.2) is 15.7 Å². The van der Waals surface area contributed by atoms with E-state index in [-0.39, 0.29) is 5.82 Å². The van der Waals surface area contributed by atoms with E-state index in [0.717, 1.165) is 17.2 Å². The Kier molecular flexibility index (Phi) is 3.76. The summed E-state index contributed by atoms with van der Waals surface area (Å²) >= 11 is 0. The van der Waals surface area contributed by atoms with Crippen LogP contribution in [0.3, 0.4) is 0 Å². The van der Waals surface area contributed by atoms with Crippen molar-refractivity contribution in [3.8, 4) is 0 Å². The van der Waals surface area contributed by atoms with Gasteiger partial charge in [-0.15, -0.1) is 0 Å². The minimum absolute atomic E-state index is 0.130. The third-order valence-corrected chi connectivity index (χ3v) is 3.04. The van der Waals surface area contributed by atoms with E-state index >= 15 is 0 Å². The molecular formula is C14H14F3N3O. The molecule has 7 heteroatoms. The van der Waals surface area contributed by atoms with Crippen LogP contribution in [0, 0.1) is 13.8 Å². The minimum Gasteiger partial charge on any atom is -0.305 e. The maximum absolute atomic E-state index is 12.7. The van der Waals surface area contributed by atoms with Crippen molar-refractivity contribution in [3.63, 3.8) is 0 Å². The van der Waals surface area contributed by atoms with Crippen LogP contribution in [0.15, 0.2) is 24.3 Å². The summed E-state index contributed by atoms with van der Waals surface area (Å²) in [6, 6.07) is 6.03. The van der Waals surface area contributed by atoms with Crippen LogP contribution in [0.1, 0.15) is 27.2 Å². The highest BCUT2D eigenvalue weighted by Crippen LogP contribution is 2.30. The molecule has 0 saturated carbocycles. The number of anilines is 1. The summed E-state index contributed by atoms with van der Waals surface area (Å²) < 4.78 is 38.7. The van der Waals surface area contributed by atoms with E-state index in [4.69, 9.17) is 0 Å². The monoisotopic (exact) mass is 297 g/mol. The second-order valence-corrected chi connectivity index (χ2v) is 4.81. The Morgan fingerprint density at radius 2 is 1.90 bits per heavy atom. The second kappa shape index (κ2) is 5.23. The van der Waals surface area contributed by atoms with Crippen molar-refractivity contribution in [1.29, 1.82) is 0 Å². The maximum Gasteiger partial charge on any atom is 0.433 e. The summed E-state index contributed by atoms with van der Waals surface area (Å²) in [4.78, 5) is 12.1. The lowest BCUT2D eigenvalue weighted by atomic mass is 10.1. The molecule has 2 aromatic rings. The molecule has 112 valence electrons. The van der Waals surface area contributed by atoms with Crippen molar-refractivity contribution >= 4 is 11.7 Å². The number of amides is 1. The van der Waals surface area contributed by atoms with Crippen LogP contribution in [0.25, 0.3) is 0 Å². The Hall–Kier alpha value is -2.31. The first kappa shape index (κ1) is 15.1. The number of hydrogen-bond donors (Lipinski definition) is 1. The first-order valence-corrected chi connectivity index (χ1v) is 6.18. The molecule has 0 spiro atoms. The Bertz CT molecular complexity index is 689. The quantitative estimate of drug-likeness (QED) is 0.924. The van der Waals surface area contributed by atoms with Crippen molar-refractivity contribution in [1.82, 2.24) is 9.78 Å². The maximum atomic E-state index is 12.7. The van der Waals surface area contributed by atoms with E-state index in [9.17, 15) is 18.0 Å². The van der Waals surface area contributed by atoms with Gasteiger partial charge in [-0.25, -0.2) is 0 Å². The summed E-state index contributed by atoms with van der Waals surface area (Å²) in [5.74, 6) is -0.617. The van der Waals surface area contributed by atoms with Crippen molar-refractivity contribution in [2.75, 3.05) is 5.32 Å². The summed E-state index contributed by atoms with van der Waals surface area (Å²) in [7, 11) is 1.18. The molecule has 0 saturated heterocycles.